The van der Waals surface area contributed by atoms with Crippen LogP contribution in [0.15, 0.2) is 33.9 Å². The van der Waals surface area contributed by atoms with Crippen molar-refractivity contribution in [3.63, 3.8) is 0 Å². The van der Waals surface area contributed by atoms with Crippen LogP contribution in [-0.2, 0) is 6.54 Å². The quantitative estimate of drug-likeness (QED) is 0.820. The molecular weight excluding hydrogens is 237 g/mol. The number of benzene rings is 1. The molecule has 17 heavy (non-hydrogen) atoms. The van der Waals surface area contributed by atoms with Gasteiger partial charge >= 0.3 is 11.9 Å². The molecule has 2 rings (SSSR count). The summed E-state index contributed by atoms with van der Waals surface area (Å²) in [5.74, 6) is 0. The summed E-state index contributed by atoms with van der Waals surface area (Å²) in [6.07, 6.45) is -4.61. The van der Waals surface area contributed by atoms with E-state index in [0.29, 0.717) is 0 Å². The van der Waals surface area contributed by atoms with Crippen LogP contribution in [-0.4, -0.2) is 15.7 Å². The summed E-state index contributed by atoms with van der Waals surface area (Å²) < 4.78 is 36.7. The summed E-state index contributed by atoms with van der Waals surface area (Å²) in [5, 5.41) is 0.0522. The average molecular weight is 244 g/mol. The van der Waals surface area contributed by atoms with E-state index >= 15 is 0 Å². The van der Waals surface area contributed by atoms with Gasteiger partial charge < -0.3 is 4.98 Å². The van der Waals surface area contributed by atoms with Crippen molar-refractivity contribution < 1.29 is 13.2 Å². The molecule has 0 spiro atoms. The van der Waals surface area contributed by atoms with E-state index in [0.717, 1.165) is 0 Å². The average Bonchev–Trinajstić information content (AvgIpc) is 2.23. The SMILES string of the molecule is O=c1[nH]c2ccccc2c(=O)n1CC(F)(F)F. The standard InChI is InChI=1S/C10H7F3N2O2/c11-10(12,13)5-15-8(16)6-3-1-2-4-7(6)14-9(15)17/h1-4H,5H2,(H,14,17). The highest BCUT2D eigenvalue weighted by Crippen LogP contribution is 2.15. The molecule has 0 unspecified atom stereocenters. The first kappa shape index (κ1) is 11.4. The van der Waals surface area contributed by atoms with Gasteiger partial charge in [0.1, 0.15) is 6.54 Å². The maximum atomic E-state index is 12.2. The van der Waals surface area contributed by atoms with Gasteiger partial charge in [-0.3, -0.25) is 9.36 Å². The minimum atomic E-state index is -4.61. The molecule has 0 amide bonds. The molecule has 90 valence electrons. The lowest BCUT2D eigenvalue weighted by molar-refractivity contribution is -0.141. The van der Waals surface area contributed by atoms with Crippen molar-refractivity contribution >= 4 is 10.9 Å². The Balaban J connectivity index is 2.73. The maximum Gasteiger partial charge on any atom is 0.406 e. The van der Waals surface area contributed by atoms with Gasteiger partial charge in [0.05, 0.1) is 10.9 Å². The number of halogens is 3. The molecular formula is C10H7F3N2O2. The summed E-state index contributed by atoms with van der Waals surface area (Å²) in [5.41, 5.74) is -1.78. The molecule has 0 aliphatic carbocycles. The lowest BCUT2D eigenvalue weighted by Crippen LogP contribution is -2.39. The third-order valence-electron chi connectivity index (χ3n) is 2.23. The first-order chi connectivity index (χ1) is 7.88. The van der Waals surface area contributed by atoms with Crippen LogP contribution in [0.1, 0.15) is 0 Å². The van der Waals surface area contributed by atoms with Crippen molar-refractivity contribution in [1.82, 2.24) is 9.55 Å². The van der Waals surface area contributed by atoms with Crippen LogP contribution in [0, 0.1) is 0 Å². The van der Waals surface area contributed by atoms with Gasteiger partial charge in [-0.15, -0.1) is 0 Å². The van der Waals surface area contributed by atoms with E-state index in [1.165, 1.54) is 18.2 Å². The summed E-state index contributed by atoms with van der Waals surface area (Å²) >= 11 is 0. The molecule has 4 nitrogen and oxygen atoms in total. The number of rotatable bonds is 1. The molecule has 1 aromatic heterocycles. The van der Waals surface area contributed by atoms with Crippen LogP contribution in [0.4, 0.5) is 13.2 Å². The van der Waals surface area contributed by atoms with Crippen molar-refractivity contribution in [3.05, 3.63) is 45.1 Å². The van der Waals surface area contributed by atoms with Gasteiger partial charge in [0.25, 0.3) is 5.56 Å². The topological polar surface area (TPSA) is 54.9 Å². The van der Waals surface area contributed by atoms with Crippen molar-refractivity contribution in [2.45, 2.75) is 12.7 Å². The monoisotopic (exact) mass is 244 g/mol. The first-order valence-corrected chi connectivity index (χ1v) is 4.67. The second kappa shape index (κ2) is 3.76. The van der Waals surface area contributed by atoms with Gasteiger partial charge in [-0.05, 0) is 12.1 Å². The maximum absolute atomic E-state index is 12.2. The molecule has 0 radical (unpaired) electrons. The number of H-pyrrole nitrogens is 1. The van der Waals surface area contributed by atoms with Crippen molar-refractivity contribution in [1.29, 1.82) is 0 Å². The highest BCUT2D eigenvalue weighted by Gasteiger charge is 2.29. The Hall–Kier alpha value is -2.05. The van der Waals surface area contributed by atoms with Gasteiger partial charge in [-0.1, -0.05) is 12.1 Å². The van der Waals surface area contributed by atoms with Gasteiger partial charge in [-0.2, -0.15) is 13.2 Å². The highest BCUT2D eigenvalue weighted by molar-refractivity contribution is 5.76. The molecule has 0 aliphatic heterocycles. The number of hydrogen-bond acceptors (Lipinski definition) is 2. The minimum absolute atomic E-state index is 0.0522. The van der Waals surface area contributed by atoms with Crippen LogP contribution in [0.2, 0.25) is 0 Å². The summed E-state index contributed by atoms with van der Waals surface area (Å²) in [6.45, 7) is -1.59. The fraction of sp³-hybridized carbons (Fsp3) is 0.200. The van der Waals surface area contributed by atoms with Gasteiger partial charge in [0.15, 0.2) is 0 Å². The third-order valence-corrected chi connectivity index (χ3v) is 2.23. The Labute approximate surface area is 92.3 Å². The molecule has 1 N–H and O–H groups in total. The lowest BCUT2D eigenvalue weighted by Gasteiger charge is -2.08. The summed E-state index contributed by atoms with van der Waals surface area (Å²) in [7, 11) is 0. The molecule has 0 saturated carbocycles. The fourth-order valence-corrected chi connectivity index (χ4v) is 1.52. The molecule has 0 saturated heterocycles. The van der Waals surface area contributed by atoms with E-state index < -0.39 is 24.0 Å². The van der Waals surface area contributed by atoms with Crippen LogP contribution >= 0.6 is 0 Å². The number of fused-ring (bicyclic) bond motifs is 1. The number of aromatic amines is 1. The Morgan fingerprint density at radius 1 is 1.18 bits per heavy atom. The second-order valence-corrected chi connectivity index (χ2v) is 3.48. The van der Waals surface area contributed by atoms with E-state index in [1.54, 1.807) is 6.07 Å². The number of alkyl halides is 3. The molecule has 1 heterocycles. The molecule has 0 atom stereocenters. The van der Waals surface area contributed by atoms with E-state index in [4.69, 9.17) is 0 Å². The number of para-hydroxylation sites is 1. The Bertz CT molecular complexity index is 670. The number of nitrogens with one attached hydrogen (secondary N) is 1. The van der Waals surface area contributed by atoms with Gasteiger partial charge in [-0.25, -0.2) is 4.79 Å². The molecule has 2 aromatic rings. The normalized spacial score (nSPS) is 11.9. The number of hydrogen-bond donors (Lipinski definition) is 1. The van der Waals surface area contributed by atoms with Gasteiger partial charge in [0.2, 0.25) is 0 Å². The van der Waals surface area contributed by atoms with Gasteiger partial charge in [0, 0.05) is 0 Å². The van der Waals surface area contributed by atoms with Crippen LogP contribution in [0.25, 0.3) is 10.9 Å². The molecule has 1 aromatic carbocycles. The van der Waals surface area contributed by atoms with E-state index in [-0.39, 0.29) is 15.5 Å². The Morgan fingerprint density at radius 2 is 1.82 bits per heavy atom. The zero-order valence-corrected chi connectivity index (χ0v) is 8.41. The smallest absolute Gasteiger partial charge is 0.307 e. The van der Waals surface area contributed by atoms with Crippen LogP contribution < -0.4 is 11.2 Å². The van der Waals surface area contributed by atoms with Crippen LogP contribution in [0.3, 0.4) is 0 Å². The van der Waals surface area contributed by atoms with Crippen molar-refractivity contribution in [2.24, 2.45) is 0 Å². The van der Waals surface area contributed by atoms with Crippen molar-refractivity contribution in [3.8, 4) is 0 Å². The minimum Gasteiger partial charge on any atom is -0.307 e. The van der Waals surface area contributed by atoms with E-state index in [9.17, 15) is 22.8 Å². The zero-order chi connectivity index (χ0) is 12.6. The van der Waals surface area contributed by atoms with Crippen LogP contribution in [0.5, 0.6) is 0 Å². The summed E-state index contributed by atoms with van der Waals surface area (Å²) in [4.78, 5) is 25.2. The Morgan fingerprint density at radius 3 is 2.47 bits per heavy atom. The zero-order valence-electron chi connectivity index (χ0n) is 8.41. The molecule has 0 bridgehead atoms. The first-order valence-electron chi connectivity index (χ1n) is 4.67. The Kier molecular flexibility index (Phi) is 2.53. The second-order valence-electron chi connectivity index (χ2n) is 3.48. The molecule has 0 fully saturated rings. The number of nitrogens with zero attached hydrogens (tertiary/aromatic N) is 1. The largest absolute Gasteiger partial charge is 0.406 e. The van der Waals surface area contributed by atoms with E-state index in [1.807, 2.05) is 0 Å². The third kappa shape index (κ3) is 2.22. The number of aromatic nitrogens is 2. The fourth-order valence-electron chi connectivity index (χ4n) is 1.52. The molecule has 0 aliphatic rings. The summed E-state index contributed by atoms with van der Waals surface area (Å²) in [6, 6.07) is 5.91. The lowest BCUT2D eigenvalue weighted by atomic mass is 10.2. The predicted octanol–water partition coefficient (Wildman–Crippen LogP) is 1.25. The van der Waals surface area contributed by atoms with Crippen molar-refractivity contribution in [2.75, 3.05) is 0 Å². The highest BCUT2D eigenvalue weighted by atomic mass is 19.4. The predicted molar refractivity (Wildman–Crippen MR) is 54.9 cm³/mol. The van der Waals surface area contributed by atoms with E-state index in [2.05, 4.69) is 4.98 Å². The molecule has 7 heteroatoms.